The van der Waals surface area contributed by atoms with Crippen LogP contribution < -0.4 is 19.9 Å². The van der Waals surface area contributed by atoms with Crippen LogP contribution in [0.5, 0.6) is 17.2 Å². The van der Waals surface area contributed by atoms with Gasteiger partial charge < -0.3 is 25.1 Å². The van der Waals surface area contributed by atoms with Gasteiger partial charge in [-0.1, -0.05) is 0 Å². The average molecular weight is 253 g/mol. The maximum absolute atomic E-state index is 10.5. The Morgan fingerprint density at radius 3 is 3.00 bits per heavy atom. The van der Waals surface area contributed by atoms with Crippen molar-refractivity contribution in [1.82, 2.24) is 0 Å². The van der Waals surface area contributed by atoms with Crippen molar-refractivity contribution in [2.45, 2.75) is 18.9 Å². The minimum Gasteiger partial charge on any atom is -0.493 e. The molecule has 0 spiro atoms. The third kappa shape index (κ3) is 2.48. The van der Waals surface area contributed by atoms with Crippen LogP contribution in [0.15, 0.2) is 12.1 Å². The third-order valence-corrected chi connectivity index (χ3v) is 2.78. The first kappa shape index (κ1) is 12.5. The average Bonchev–Trinajstić information content (AvgIpc) is 2.82. The predicted octanol–water partition coefficient (Wildman–Crippen LogP) is 1.29. The Balaban J connectivity index is 2.20. The van der Waals surface area contributed by atoms with E-state index in [1.807, 2.05) is 0 Å². The van der Waals surface area contributed by atoms with E-state index in [2.05, 4.69) is 0 Å². The molecule has 3 N–H and O–H groups in total. The molecular weight excluding hydrogens is 238 g/mol. The highest BCUT2D eigenvalue weighted by Crippen LogP contribution is 2.43. The summed E-state index contributed by atoms with van der Waals surface area (Å²) < 4.78 is 15.8. The Labute approximate surface area is 104 Å². The zero-order valence-electron chi connectivity index (χ0n) is 10.0. The van der Waals surface area contributed by atoms with Crippen LogP contribution in [0, 0.1) is 0 Å². The fourth-order valence-electron chi connectivity index (χ4n) is 1.81. The molecule has 6 heteroatoms. The quantitative estimate of drug-likeness (QED) is 0.821. The highest BCUT2D eigenvalue weighted by atomic mass is 16.7. The van der Waals surface area contributed by atoms with E-state index < -0.39 is 5.97 Å². The molecular formula is C12H15NO5. The molecule has 1 aliphatic rings. The fourth-order valence-corrected chi connectivity index (χ4v) is 1.81. The van der Waals surface area contributed by atoms with Crippen molar-refractivity contribution in [2.24, 2.45) is 5.73 Å². The molecule has 0 saturated carbocycles. The van der Waals surface area contributed by atoms with E-state index in [0.717, 1.165) is 5.56 Å². The predicted molar refractivity (Wildman–Crippen MR) is 62.9 cm³/mol. The van der Waals surface area contributed by atoms with Crippen LogP contribution in [0.4, 0.5) is 0 Å². The molecule has 0 radical (unpaired) electrons. The van der Waals surface area contributed by atoms with E-state index in [4.69, 9.17) is 25.1 Å². The summed E-state index contributed by atoms with van der Waals surface area (Å²) >= 11 is 0. The molecule has 0 saturated heterocycles. The number of hydrogen-bond donors (Lipinski definition) is 2. The standard InChI is InChI=1S/C12H15NO5/c1-16-9-4-7(8(13)2-3-11(14)15)5-10-12(9)18-6-17-10/h4-5,8H,2-3,6,13H2,1H3,(H,14,15). The first-order valence-electron chi connectivity index (χ1n) is 5.56. The number of carbonyl (C=O) groups is 1. The summed E-state index contributed by atoms with van der Waals surface area (Å²) in [6.07, 6.45) is 0.385. The maximum atomic E-state index is 10.5. The van der Waals surface area contributed by atoms with Crippen molar-refractivity contribution in [3.63, 3.8) is 0 Å². The van der Waals surface area contributed by atoms with Gasteiger partial charge in [-0.05, 0) is 24.1 Å². The van der Waals surface area contributed by atoms with Crippen molar-refractivity contribution in [2.75, 3.05) is 13.9 Å². The molecule has 0 aromatic heterocycles. The molecule has 1 aromatic carbocycles. The van der Waals surface area contributed by atoms with Crippen LogP contribution in [0.2, 0.25) is 0 Å². The molecule has 6 nitrogen and oxygen atoms in total. The van der Waals surface area contributed by atoms with Crippen LogP contribution in [-0.2, 0) is 4.79 Å². The van der Waals surface area contributed by atoms with Crippen LogP contribution in [0.25, 0.3) is 0 Å². The van der Waals surface area contributed by atoms with E-state index in [9.17, 15) is 4.79 Å². The van der Waals surface area contributed by atoms with Gasteiger partial charge in [0.15, 0.2) is 11.5 Å². The number of methoxy groups -OCH3 is 1. The fraction of sp³-hybridized carbons (Fsp3) is 0.417. The largest absolute Gasteiger partial charge is 0.493 e. The summed E-state index contributed by atoms with van der Waals surface area (Å²) in [4.78, 5) is 10.5. The van der Waals surface area contributed by atoms with Gasteiger partial charge >= 0.3 is 5.97 Å². The second kappa shape index (κ2) is 5.14. The Hall–Kier alpha value is -1.95. The summed E-state index contributed by atoms with van der Waals surface area (Å²) in [5.41, 5.74) is 6.72. The van der Waals surface area contributed by atoms with Crippen LogP contribution in [0.1, 0.15) is 24.4 Å². The lowest BCUT2D eigenvalue weighted by Gasteiger charge is -2.13. The number of hydrogen-bond acceptors (Lipinski definition) is 5. The lowest BCUT2D eigenvalue weighted by Crippen LogP contribution is -2.12. The molecule has 0 aliphatic carbocycles. The van der Waals surface area contributed by atoms with Gasteiger partial charge in [-0.15, -0.1) is 0 Å². The van der Waals surface area contributed by atoms with E-state index >= 15 is 0 Å². The number of ether oxygens (including phenoxy) is 3. The van der Waals surface area contributed by atoms with Crippen molar-refractivity contribution in [1.29, 1.82) is 0 Å². The van der Waals surface area contributed by atoms with E-state index in [1.165, 1.54) is 7.11 Å². The minimum absolute atomic E-state index is 0.0257. The number of benzene rings is 1. The number of carboxylic acid groups (broad SMARTS) is 1. The third-order valence-electron chi connectivity index (χ3n) is 2.78. The smallest absolute Gasteiger partial charge is 0.303 e. The summed E-state index contributed by atoms with van der Waals surface area (Å²) in [6, 6.07) is 3.14. The minimum atomic E-state index is -0.863. The monoisotopic (exact) mass is 253 g/mol. The molecule has 1 heterocycles. The van der Waals surface area contributed by atoms with Gasteiger partial charge in [0.1, 0.15) is 0 Å². The van der Waals surface area contributed by atoms with Gasteiger partial charge in [0.2, 0.25) is 12.5 Å². The molecule has 18 heavy (non-hydrogen) atoms. The van der Waals surface area contributed by atoms with Crippen LogP contribution in [0.3, 0.4) is 0 Å². The second-order valence-electron chi connectivity index (χ2n) is 4.00. The number of carboxylic acids is 1. The topological polar surface area (TPSA) is 91.0 Å². The van der Waals surface area contributed by atoms with E-state index in [0.29, 0.717) is 23.7 Å². The number of rotatable bonds is 5. The first-order chi connectivity index (χ1) is 8.61. The van der Waals surface area contributed by atoms with Crippen LogP contribution >= 0.6 is 0 Å². The molecule has 1 atom stereocenters. The highest BCUT2D eigenvalue weighted by molar-refractivity contribution is 5.66. The van der Waals surface area contributed by atoms with Gasteiger partial charge in [-0.2, -0.15) is 0 Å². The summed E-state index contributed by atoms with van der Waals surface area (Å²) in [5.74, 6) is 0.825. The van der Waals surface area contributed by atoms with E-state index in [-0.39, 0.29) is 19.3 Å². The maximum Gasteiger partial charge on any atom is 0.303 e. The van der Waals surface area contributed by atoms with Crippen molar-refractivity contribution in [3.05, 3.63) is 17.7 Å². The Bertz CT molecular complexity index is 460. The van der Waals surface area contributed by atoms with Gasteiger partial charge in [0.05, 0.1) is 7.11 Å². The SMILES string of the molecule is COc1cc(C(N)CCC(=O)O)cc2c1OCO2. The van der Waals surface area contributed by atoms with Crippen LogP contribution in [-0.4, -0.2) is 25.0 Å². The molecule has 1 aromatic rings. The summed E-state index contributed by atoms with van der Waals surface area (Å²) in [5, 5.41) is 8.64. The molecule has 2 rings (SSSR count). The van der Waals surface area contributed by atoms with Crippen molar-refractivity contribution >= 4 is 5.97 Å². The second-order valence-corrected chi connectivity index (χ2v) is 4.00. The molecule has 98 valence electrons. The Kier molecular flexibility index (Phi) is 3.57. The summed E-state index contributed by atoms with van der Waals surface area (Å²) in [6.45, 7) is 0.152. The Morgan fingerprint density at radius 1 is 1.56 bits per heavy atom. The highest BCUT2D eigenvalue weighted by Gasteiger charge is 2.22. The Morgan fingerprint density at radius 2 is 2.33 bits per heavy atom. The molecule has 0 bridgehead atoms. The number of nitrogens with two attached hydrogens (primary N) is 1. The lowest BCUT2D eigenvalue weighted by molar-refractivity contribution is -0.137. The van der Waals surface area contributed by atoms with Gasteiger partial charge in [-0.3, -0.25) is 4.79 Å². The number of aliphatic carboxylic acids is 1. The molecule has 1 unspecified atom stereocenters. The summed E-state index contributed by atoms with van der Waals surface area (Å²) in [7, 11) is 1.53. The van der Waals surface area contributed by atoms with Crippen molar-refractivity contribution in [3.8, 4) is 17.2 Å². The zero-order chi connectivity index (χ0) is 13.1. The van der Waals surface area contributed by atoms with Gasteiger partial charge in [0.25, 0.3) is 0 Å². The van der Waals surface area contributed by atoms with E-state index in [1.54, 1.807) is 12.1 Å². The lowest BCUT2D eigenvalue weighted by atomic mass is 10.0. The van der Waals surface area contributed by atoms with Gasteiger partial charge in [0, 0.05) is 12.5 Å². The molecule has 1 aliphatic heterocycles. The van der Waals surface area contributed by atoms with Crippen molar-refractivity contribution < 1.29 is 24.1 Å². The normalized spacial score (nSPS) is 14.3. The molecule has 0 fully saturated rings. The number of fused-ring (bicyclic) bond motifs is 1. The molecule has 0 amide bonds. The van der Waals surface area contributed by atoms with Gasteiger partial charge in [-0.25, -0.2) is 0 Å². The first-order valence-corrected chi connectivity index (χ1v) is 5.56. The zero-order valence-corrected chi connectivity index (χ0v) is 10.0.